The number of carbonyl (C=O) groups is 3. The lowest BCUT2D eigenvalue weighted by Gasteiger charge is -2.09. The molecule has 0 aromatic heterocycles. The van der Waals surface area contributed by atoms with Gasteiger partial charge in [-0.25, -0.2) is 0 Å². The highest BCUT2D eigenvalue weighted by Gasteiger charge is 2.11. The third kappa shape index (κ3) is 5.05. The van der Waals surface area contributed by atoms with Crippen LogP contribution in [-0.2, 0) is 0 Å². The van der Waals surface area contributed by atoms with E-state index in [2.05, 4.69) is 32.1 Å². The summed E-state index contributed by atoms with van der Waals surface area (Å²) in [6.45, 7) is 0. The van der Waals surface area contributed by atoms with Crippen LogP contribution in [0.25, 0.3) is 0 Å². The van der Waals surface area contributed by atoms with Crippen LogP contribution in [-0.4, -0.2) is 17.7 Å². The molecular weight excluding hydrogens is 422 g/mol. The summed E-state index contributed by atoms with van der Waals surface area (Å²) < 4.78 is 0.875. The molecule has 0 spiro atoms. The van der Waals surface area contributed by atoms with Gasteiger partial charge in [0, 0.05) is 26.9 Å². The van der Waals surface area contributed by atoms with E-state index in [0.717, 1.165) is 4.47 Å². The molecule has 28 heavy (non-hydrogen) atoms. The summed E-state index contributed by atoms with van der Waals surface area (Å²) >= 11 is 3.32. The van der Waals surface area contributed by atoms with Gasteiger partial charge in [0.2, 0.25) is 0 Å². The highest BCUT2D eigenvalue weighted by Crippen LogP contribution is 2.14. The van der Waals surface area contributed by atoms with Crippen molar-refractivity contribution in [1.82, 2.24) is 10.9 Å². The highest BCUT2D eigenvalue weighted by molar-refractivity contribution is 9.10. The lowest BCUT2D eigenvalue weighted by atomic mass is 10.1. The monoisotopic (exact) mass is 437 g/mol. The molecule has 0 saturated carbocycles. The third-order valence-corrected chi connectivity index (χ3v) is 4.34. The van der Waals surface area contributed by atoms with E-state index in [1.807, 2.05) is 0 Å². The maximum absolute atomic E-state index is 12.3. The Hall–Kier alpha value is -3.45. The summed E-state index contributed by atoms with van der Waals surface area (Å²) in [4.78, 5) is 36.6. The first-order valence-corrected chi connectivity index (χ1v) is 9.15. The normalized spacial score (nSPS) is 10.0. The zero-order valence-electron chi connectivity index (χ0n) is 14.6. The lowest BCUT2D eigenvalue weighted by molar-refractivity contribution is 0.0846. The van der Waals surface area contributed by atoms with Gasteiger partial charge < -0.3 is 5.32 Å². The van der Waals surface area contributed by atoms with Crippen LogP contribution < -0.4 is 16.2 Å². The second kappa shape index (κ2) is 8.96. The average molecular weight is 438 g/mol. The van der Waals surface area contributed by atoms with Gasteiger partial charge in [0.1, 0.15) is 0 Å². The van der Waals surface area contributed by atoms with Crippen molar-refractivity contribution in [3.63, 3.8) is 0 Å². The largest absolute Gasteiger partial charge is 0.322 e. The molecule has 3 N–H and O–H groups in total. The number of nitrogens with one attached hydrogen (secondary N) is 3. The van der Waals surface area contributed by atoms with Crippen molar-refractivity contribution in [2.24, 2.45) is 0 Å². The van der Waals surface area contributed by atoms with Crippen molar-refractivity contribution in [2.45, 2.75) is 0 Å². The number of hydrazine groups is 1. The fourth-order valence-corrected chi connectivity index (χ4v) is 2.65. The van der Waals surface area contributed by atoms with Gasteiger partial charge in [0.05, 0.1) is 0 Å². The van der Waals surface area contributed by atoms with E-state index in [1.165, 1.54) is 6.07 Å². The van der Waals surface area contributed by atoms with Gasteiger partial charge in [-0.15, -0.1) is 0 Å². The van der Waals surface area contributed by atoms with Crippen molar-refractivity contribution in [1.29, 1.82) is 0 Å². The maximum atomic E-state index is 12.3. The van der Waals surface area contributed by atoms with E-state index in [-0.39, 0.29) is 5.91 Å². The first-order chi connectivity index (χ1) is 13.5. The average Bonchev–Trinajstić information content (AvgIpc) is 2.73. The number of benzene rings is 3. The topological polar surface area (TPSA) is 87.3 Å². The smallest absolute Gasteiger partial charge is 0.269 e. The Morgan fingerprint density at radius 2 is 1.18 bits per heavy atom. The van der Waals surface area contributed by atoms with Crippen LogP contribution in [0.4, 0.5) is 5.69 Å². The second-order valence-electron chi connectivity index (χ2n) is 5.82. The van der Waals surface area contributed by atoms with Crippen molar-refractivity contribution in [3.8, 4) is 0 Å². The third-order valence-electron chi connectivity index (χ3n) is 3.81. The van der Waals surface area contributed by atoms with Gasteiger partial charge in [-0.05, 0) is 54.6 Å². The van der Waals surface area contributed by atoms with E-state index in [1.54, 1.807) is 72.8 Å². The Balaban J connectivity index is 1.62. The molecule has 0 heterocycles. The van der Waals surface area contributed by atoms with Gasteiger partial charge in [0.25, 0.3) is 17.7 Å². The molecule has 0 radical (unpaired) electrons. The molecule has 3 rings (SSSR count). The summed E-state index contributed by atoms with van der Waals surface area (Å²) in [5.74, 6) is -1.21. The summed E-state index contributed by atoms with van der Waals surface area (Å²) in [7, 11) is 0. The van der Waals surface area contributed by atoms with Gasteiger partial charge in [-0.3, -0.25) is 25.2 Å². The fourth-order valence-electron chi connectivity index (χ4n) is 2.39. The number of hydrogen-bond donors (Lipinski definition) is 3. The summed E-state index contributed by atoms with van der Waals surface area (Å²) in [5, 5.41) is 2.74. The van der Waals surface area contributed by atoms with E-state index in [9.17, 15) is 14.4 Å². The van der Waals surface area contributed by atoms with Gasteiger partial charge in [-0.1, -0.05) is 40.2 Å². The van der Waals surface area contributed by atoms with E-state index < -0.39 is 11.8 Å². The van der Waals surface area contributed by atoms with Crippen molar-refractivity contribution in [3.05, 3.63) is 100 Å². The number of rotatable bonds is 4. The molecule has 0 saturated heterocycles. The maximum Gasteiger partial charge on any atom is 0.269 e. The quantitative estimate of drug-likeness (QED) is 0.542. The van der Waals surface area contributed by atoms with Crippen LogP contribution in [0, 0.1) is 0 Å². The molecule has 0 bridgehead atoms. The van der Waals surface area contributed by atoms with Crippen LogP contribution in [0.5, 0.6) is 0 Å². The molecule has 140 valence electrons. The standard InChI is InChI=1S/C21H16BrN3O3/c22-17-11-9-15(10-12-17)19(26)23-18-8-4-7-16(13-18)21(28)25-24-20(27)14-5-2-1-3-6-14/h1-13H,(H,23,26)(H,24,27)(H,25,28). The molecule has 6 nitrogen and oxygen atoms in total. The van der Waals surface area contributed by atoms with Crippen molar-refractivity contribution in [2.75, 3.05) is 5.32 Å². The first-order valence-electron chi connectivity index (χ1n) is 8.35. The Labute approximate surface area is 170 Å². The molecule has 0 aliphatic rings. The molecule has 0 atom stereocenters. The molecule has 3 aromatic carbocycles. The van der Waals surface area contributed by atoms with E-state index >= 15 is 0 Å². The second-order valence-corrected chi connectivity index (χ2v) is 6.73. The molecule has 7 heteroatoms. The Bertz CT molecular complexity index is 1000. The zero-order chi connectivity index (χ0) is 19.9. The highest BCUT2D eigenvalue weighted by atomic mass is 79.9. The Kier molecular flexibility index (Phi) is 6.18. The van der Waals surface area contributed by atoms with Crippen LogP contribution in [0.1, 0.15) is 31.1 Å². The molecule has 3 aromatic rings. The molecule has 0 aliphatic carbocycles. The minimum absolute atomic E-state index is 0.289. The zero-order valence-corrected chi connectivity index (χ0v) is 16.2. The fraction of sp³-hybridized carbons (Fsp3) is 0. The number of hydrogen-bond acceptors (Lipinski definition) is 3. The van der Waals surface area contributed by atoms with Crippen LogP contribution in [0.15, 0.2) is 83.3 Å². The minimum atomic E-state index is -0.496. The SMILES string of the molecule is O=C(NNC(=O)c1cccc(NC(=O)c2ccc(Br)cc2)c1)c1ccccc1. The Morgan fingerprint density at radius 1 is 0.607 bits per heavy atom. The van der Waals surface area contributed by atoms with E-state index in [4.69, 9.17) is 0 Å². The van der Waals surface area contributed by atoms with Crippen molar-refractivity contribution >= 4 is 39.3 Å². The van der Waals surface area contributed by atoms with Crippen LogP contribution in [0.3, 0.4) is 0 Å². The number of amides is 3. The predicted molar refractivity (Wildman–Crippen MR) is 110 cm³/mol. The van der Waals surface area contributed by atoms with Crippen LogP contribution >= 0.6 is 15.9 Å². The summed E-state index contributed by atoms with van der Waals surface area (Å²) in [5.41, 5.74) is 6.40. The van der Waals surface area contributed by atoms with Crippen molar-refractivity contribution < 1.29 is 14.4 Å². The van der Waals surface area contributed by atoms with E-state index in [0.29, 0.717) is 22.4 Å². The van der Waals surface area contributed by atoms with Gasteiger partial charge in [0.15, 0.2) is 0 Å². The molecule has 0 unspecified atom stereocenters. The van der Waals surface area contributed by atoms with Crippen LogP contribution in [0.2, 0.25) is 0 Å². The molecule has 0 fully saturated rings. The predicted octanol–water partition coefficient (Wildman–Crippen LogP) is 3.78. The molecular formula is C21H16BrN3O3. The first kappa shape index (κ1) is 19.3. The minimum Gasteiger partial charge on any atom is -0.322 e. The lowest BCUT2D eigenvalue weighted by Crippen LogP contribution is -2.41. The molecule has 0 aliphatic heterocycles. The summed E-state index contributed by atoms with van der Waals surface area (Å²) in [6, 6.07) is 21.9. The van der Waals surface area contributed by atoms with Gasteiger partial charge in [-0.2, -0.15) is 0 Å². The van der Waals surface area contributed by atoms with Gasteiger partial charge >= 0.3 is 0 Å². The Morgan fingerprint density at radius 3 is 1.86 bits per heavy atom. The number of halogens is 1. The number of anilines is 1. The summed E-state index contributed by atoms with van der Waals surface area (Å²) in [6.07, 6.45) is 0. The molecule has 3 amide bonds. The number of carbonyl (C=O) groups excluding carboxylic acids is 3.